The van der Waals surface area contributed by atoms with E-state index in [2.05, 4.69) is 73.4 Å². The molecule has 0 radical (unpaired) electrons. The Morgan fingerprint density at radius 3 is 2.30 bits per heavy atom. The molecule has 1 aliphatic heterocycles. The molecule has 116 valence electrons. The topological polar surface area (TPSA) is 3.24 Å². The summed E-state index contributed by atoms with van der Waals surface area (Å²) in [6.07, 6.45) is 6.09. The van der Waals surface area contributed by atoms with E-state index in [-0.39, 0.29) is 5.54 Å². The Kier molecular flexibility index (Phi) is 5.16. The Hall–Kier alpha value is -0.720. The molecule has 0 aromatic rings. The molecule has 0 spiro atoms. The van der Waals surface area contributed by atoms with Gasteiger partial charge in [0.05, 0.1) is 0 Å². The van der Waals surface area contributed by atoms with Gasteiger partial charge in [0.2, 0.25) is 0 Å². The van der Waals surface area contributed by atoms with Crippen LogP contribution in [0.15, 0.2) is 22.9 Å². The molecule has 1 heterocycles. The Labute approximate surface area is 127 Å². The second-order valence-corrected chi connectivity index (χ2v) is 8.20. The first kappa shape index (κ1) is 17.3. The Morgan fingerprint density at radius 2 is 1.80 bits per heavy atom. The molecule has 0 aromatic heterocycles. The molecule has 1 atom stereocenters. The SMILES string of the molecule is CCC(C)=C(C)/C=C1/C(C)CC(C)(C)CC(C)(C)N1C. The minimum absolute atomic E-state index is 0.223. The molecule has 1 nitrogen and oxygen atoms in total. The van der Waals surface area contributed by atoms with Crippen LogP contribution in [0.3, 0.4) is 0 Å². The van der Waals surface area contributed by atoms with Crippen LogP contribution in [0, 0.1) is 11.3 Å². The monoisotopic (exact) mass is 277 g/mol. The van der Waals surface area contributed by atoms with Gasteiger partial charge in [-0.25, -0.2) is 0 Å². The minimum atomic E-state index is 0.223. The summed E-state index contributed by atoms with van der Waals surface area (Å²) in [5.41, 5.74) is 5.08. The van der Waals surface area contributed by atoms with Crippen molar-refractivity contribution in [3.63, 3.8) is 0 Å². The predicted molar refractivity (Wildman–Crippen MR) is 90.8 cm³/mol. The number of allylic oxidation sites excluding steroid dienone is 4. The highest BCUT2D eigenvalue weighted by molar-refractivity contribution is 5.28. The molecule has 0 bridgehead atoms. The van der Waals surface area contributed by atoms with E-state index < -0.39 is 0 Å². The standard InChI is InChI=1S/C19H35N/c1-10-14(2)15(3)11-17-16(4)12-18(5,6)13-19(7,8)20(17)9/h11,16H,10,12-13H2,1-9H3/b15-14?,17-11-. The second-order valence-electron chi connectivity index (χ2n) is 8.20. The van der Waals surface area contributed by atoms with Crippen LogP contribution in [0.25, 0.3) is 0 Å². The summed E-state index contributed by atoms with van der Waals surface area (Å²) in [6, 6.07) is 0. The smallest absolute Gasteiger partial charge is 0.0345 e. The van der Waals surface area contributed by atoms with Crippen molar-refractivity contribution in [1.29, 1.82) is 0 Å². The van der Waals surface area contributed by atoms with E-state index in [4.69, 9.17) is 0 Å². The van der Waals surface area contributed by atoms with Crippen molar-refractivity contribution in [3.05, 3.63) is 22.9 Å². The van der Waals surface area contributed by atoms with Gasteiger partial charge < -0.3 is 4.90 Å². The van der Waals surface area contributed by atoms with Gasteiger partial charge in [0.1, 0.15) is 0 Å². The van der Waals surface area contributed by atoms with Crippen LogP contribution in [0.1, 0.15) is 74.7 Å². The molecule has 1 rings (SSSR count). The zero-order valence-corrected chi connectivity index (χ0v) is 15.2. The van der Waals surface area contributed by atoms with Crippen molar-refractivity contribution in [2.75, 3.05) is 7.05 Å². The zero-order valence-electron chi connectivity index (χ0n) is 15.2. The molecule has 1 fully saturated rings. The lowest BCUT2D eigenvalue weighted by Crippen LogP contribution is -2.41. The first-order chi connectivity index (χ1) is 9.00. The van der Waals surface area contributed by atoms with Crippen LogP contribution >= 0.6 is 0 Å². The van der Waals surface area contributed by atoms with Gasteiger partial charge in [-0.15, -0.1) is 0 Å². The molecule has 1 unspecified atom stereocenters. The quantitative estimate of drug-likeness (QED) is 0.618. The van der Waals surface area contributed by atoms with Crippen LogP contribution in [0.5, 0.6) is 0 Å². The molecule has 1 heteroatoms. The maximum atomic E-state index is 2.53. The number of rotatable bonds is 2. The zero-order chi connectivity index (χ0) is 15.7. The lowest BCUT2D eigenvalue weighted by molar-refractivity contribution is 0.149. The Morgan fingerprint density at radius 1 is 1.25 bits per heavy atom. The van der Waals surface area contributed by atoms with Crippen LogP contribution < -0.4 is 0 Å². The van der Waals surface area contributed by atoms with Gasteiger partial charge in [0, 0.05) is 18.3 Å². The number of hydrogen-bond donors (Lipinski definition) is 0. The van der Waals surface area contributed by atoms with Crippen LogP contribution in [0.4, 0.5) is 0 Å². The van der Waals surface area contributed by atoms with Crippen LogP contribution in [-0.2, 0) is 0 Å². The van der Waals surface area contributed by atoms with Gasteiger partial charge in [0.25, 0.3) is 0 Å². The van der Waals surface area contributed by atoms with Gasteiger partial charge in [-0.1, -0.05) is 38.8 Å². The second kappa shape index (κ2) is 5.95. The highest BCUT2D eigenvalue weighted by Gasteiger charge is 2.39. The Balaban J connectivity index is 3.26. The minimum Gasteiger partial charge on any atom is -0.373 e. The first-order valence-corrected chi connectivity index (χ1v) is 8.12. The molecule has 0 N–H and O–H groups in total. The van der Waals surface area contributed by atoms with Crippen molar-refractivity contribution >= 4 is 0 Å². The van der Waals surface area contributed by atoms with Gasteiger partial charge in [-0.3, -0.25) is 0 Å². The molecule has 0 aromatic carbocycles. The third kappa shape index (κ3) is 3.90. The van der Waals surface area contributed by atoms with Gasteiger partial charge >= 0.3 is 0 Å². The largest absolute Gasteiger partial charge is 0.373 e. The van der Waals surface area contributed by atoms with E-state index in [9.17, 15) is 0 Å². The molecular formula is C19H35N. The molecule has 1 aliphatic rings. The van der Waals surface area contributed by atoms with Crippen LogP contribution in [-0.4, -0.2) is 17.5 Å². The molecule has 20 heavy (non-hydrogen) atoms. The van der Waals surface area contributed by atoms with E-state index in [1.807, 2.05) is 0 Å². The maximum absolute atomic E-state index is 2.53. The van der Waals surface area contributed by atoms with E-state index >= 15 is 0 Å². The summed E-state index contributed by atoms with van der Waals surface area (Å²) in [4.78, 5) is 2.53. The Bertz CT molecular complexity index is 409. The van der Waals surface area contributed by atoms with Crippen molar-refractivity contribution < 1.29 is 0 Å². The predicted octanol–water partition coefficient (Wildman–Crippen LogP) is 5.78. The van der Waals surface area contributed by atoms with E-state index in [0.717, 1.165) is 6.42 Å². The molecule has 0 amide bonds. The van der Waals surface area contributed by atoms with Crippen LogP contribution in [0.2, 0.25) is 0 Å². The maximum Gasteiger partial charge on any atom is 0.0345 e. The van der Waals surface area contributed by atoms with E-state index in [1.54, 1.807) is 0 Å². The average molecular weight is 277 g/mol. The van der Waals surface area contributed by atoms with Crippen molar-refractivity contribution in [3.8, 4) is 0 Å². The summed E-state index contributed by atoms with van der Waals surface area (Å²) in [6.45, 7) is 18.7. The lowest BCUT2D eigenvalue weighted by Gasteiger charge is -2.40. The number of hydrogen-bond acceptors (Lipinski definition) is 1. The van der Waals surface area contributed by atoms with Crippen molar-refractivity contribution in [2.24, 2.45) is 11.3 Å². The summed E-state index contributed by atoms with van der Waals surface area (Å²) in [5, 5.41) is 0. The normalized spacial score (nSPS) is 29.1. The third-order valence-corrected chi connectivity index (χ3v) is 5.14. The van der Waals surface area contributed by atoms with E-state index in [1.165, 1.54) is 29.7 Å². The molecule has 1 saturated heterocycles. The lowest BCUT2D eigenvalue weighted by atomic mass is 9.76. The summed E-state index contributed by atoms with van der Waals surface area (Å²) >= 11 is 0. The van der Waals surface area contributed by atoms with E-state index in [0.29, 0.717) is 11.3 Å². The highest BCUT2D eigenvalue weighted by atomic mass is 15.2. The molecule has 0 saturated carbocycles. The van der Waals surface area contributed by atoms with Crippen molar-refractivity contribution in [1.82, 2.24) is 4.90 Å². The third-order valence-electron chi connectivity index (χ3n) is 5.14. The molecule has 0 aliphatic carbocycles. The fourth-order valence-electron chi connectivity index (χ4n) is 3.84. The number of nitrogens with zero attached hydrogens (tertiary/aromatic N) is 1. The molecular weight excluding hydrogens is 242 g/mol. The summed E-state index contributed by atoms with van der Waals surface area (Å²) in [5.74, 6) is 0.622. The fraction of sp³-hybridized carbons (Fsp3) is 0.789. The van der Waals surface area contributed by atoms with Gasteiger partial charge in [0.15, 0.2) is 0 Å². The first-order valence-electron chi connectivity index (χ1n) is 8.12. The van der Waals surface area contributed by atoms with Crippen molar-refractivity contribution in [2.45, 2.75) is 80.2 Å². The fourth-order valence-corrected chi connectivity index (χ4v) is 3.84. The van der Waals surface area contributed by atoms with Gasteiger partial charge in [-0.2, -0.15) is 0 Å². The number of likely N-dealkylation sites (tertiary alicyclic amines) is 1. The average Bonchev–Trinajstić information content (AvgIpc) is 2.35. The highest BCUT2D eigenvalue weighted by Crippen LogP contribution is 2.44. The van der Waals surface area contributed by atoms with Gasteiger partial charge in [-0.05, 0) is 64.4 Å². The summed E-state index contributed by atoms with van der Waals surface area (Å²) < 4.78 is 0. The summed E-state index contributed by atoms with van der Waals surface area (Å²) in [7, 11) is 2.28.